The SMILES string of the molecule is CC(=O)C(C)c1cccc(F)c1. The Bertz CT molecular complexity index is 294. The van der Waals surface area contributed by atoms with E-state index in [1.807, 2.05) is 0 Å². The molecule has 0 fully saturated rings. The molecule has 1 rings (SSSR count). The highest BCUT2D eigenvalue weighted by Gasteiger charge is 2.10. The maximum Gasteiger partial charge on any atom is 0.136 e. The van der Waals surface area contributed by atoms with Crippen molar-refractivity contribution in [3.63, 3.8) is 0 Å². The van der Waals surface area contributed by atoms with E-state index in [2.05, 4.69) is 0 Å². The van der Waals surface area contributed by atoms with E-state index in [1.54, 1.807) is 19.1 Å². The van der Waals surface area contributed by atoms with Crippen LogP contribution in [-0.2, 0) is 4.79 Å². The summed E-state index contributed by atoms with van der Waals surface area (Å²) in [6, 6.07) is 6.14. The van der Waals surface area contributed by atoms with Gasteiger partial charge >= 0.3 is 0 Å². The van der Waals surface area contributed by atoms with Crippen LogP contribution in [0.1, 0.15) is 25.3 Å². The van der Waals surface area contributed by atoms with Gasteiger partial charge in [-0.2, -0.15) is 0 Å². The van der Waals surface area contributed by atoms with E-state index in [1.165, 1.54) is 19.1 Å². The standard InChI is InChI=1S/C10H11FO/c1-7(8(2)12)9-4-3-5-10(11)6-9/h3-7H,1-2H3. The minimum absolute atomic E-state index is 0.0561. The quantitative estimate of drug-likeness (QED) is 0.659. The number of carbonyl (C=O) groups is 1. The van der Waals surface area contributed by atoms with E-state index < -0.39 is 0 Å². The summed E-state index contributed by atoms with van der Waals surface area (Å²) < 4.78 is 12.7. The Morgan fingerprint density at radius 1 is 1.50 bits per heavy atom. The molecule has 1 aromatic carbocycles. The molecular formula is C10H11FO. The van der Waals surface area contributed by atoms with Gasteiger partial charge in [0.15, 0.2) is 0 Å². The molecule has 0 aliphatic rings. The Morgan fingerprint density at radius 3 is 2.67 bits per heavy atom. The predicted molar refractivity (Wildman–Crippen MR) is 45.5 cm³/mol. The molecule has 2 heteroatoms. The number of hydrogen-bond acceptors (Lipinski definition) is 1. The van der Waals surface area contributed by atoms with Crippen LogP contribution in [0.3, 0.4) is 0 Å². The van der Waals surface area contributed by atoms with Gasteiger partial charge in [0.25, 0.3) is 0 Å². The van der Waals surface area contributed by atoms with E-state index in [9.17, 15) is 9.18 Å². The molecule has 0 aliphatic carbocycles. The third-order valence-corrected chi connectivity index (χ3v) is 1.96. The Hall–Kier alpha value is -1.18. The average molecular weight is 166 g/mol. The van der Waals surface area contributed by atoms with Gasteiger partial charge in [0.05, 0.1) is 0 Å². The minimum atomic E-state index is -0.291. The molecule has 0 N–H and O–H groups in total. The molecule has 0 saturated heterocycles. The first kappa shape index (κ1) is 8.91. The maximum atomic E-state index is 12.7. The van der Waals surface area contributed by atoms with E-state index in [4.69, 9.17) is 0 Å². The van der Waals surface area contributed by atoms with Crippen LogP contribution in [0.5, 0.6) is 0 Å². The number of hydrogen-bond donors (Lipinski definition) is 0. The normalized spacial score (nSPS) is 12.6. The molecule has 0 heterocycles. The summed E-state index contributed by atoms with van der Waals surface area (Å²) in [5, 5.41) is 0. The van der Waals surface area contributed by atoms with E-state index >= 15 is 0 Å². The van der Waals surface area contributed by atoms with Crippen molar-refractivity contribution < 1.29 is 9.18 Å². The monoisotopic (exact) mass is 166 g/mol. The molecule has 0 spiro atoms. The zero-order chi connectivity index (χ0) is 9.14. The fraction of sp³-hybridized carbons (Fsp3) is 0.300. The summed E-state index contributed by atoms with van der Waals surface area (Å²) in [6.07, 6.45) is 0. The molecule has 1 nitrogen and oxygen atoms in total. The van der Waals surface area contributed by atoms with Crippen molar-refractivity contribution in [2.24, 2.45) is 0 Å². The third-order valence-electron chi connectivity index (χ3n) is 1.96. The number of halogens is 1. The molecule has 0 radical (unpaired) electrons. The summed E-state index contributed by atoms with van der Waals surface area (Å²) in [5.41, 5.74) is 0.738. The van der Waals surface area contributed by atoms with Gasteiger partial charge in [-0.15, -0.1) is 0 Å². The average Bonchev–Trinajstić information content (AvgIpc) is 2.03. The minimum Gasteiger partial charge on any atom is -0.299 e. The van der Waals surface area contributed by atoms with Gasteiger partial charge in [0.1, 0.15) is 11.6 Å². The van der Waals surface area contributed by atoms with Crippen molar-refractivity contribution >= 4 is 5.78 Å². The number of ketones is 1. The van der Waals surface area contributed by atoms with Crippen LogP contribution >= 0.6 is 0 Å². The lowest BCUT2D eigenvalue weighted by atomic mass is 9.98. The number of Topliss-reactive ketones (excluding diaryl/α,β-unsaturated/α-hetero) is 1. The van der Waals surface area contributed by atoms with Crippen LogP contribution in [0, 0.1) is 5.82 Å². The Balaban J connectivity index is 2.95. The fourth-order valence-corrected chi connectivity index (χ4v) is 1.01. The predicted octanol–water partition coefficient (Wildman–Crippen LogP) is 2.52. The first-order valence-corrected chi connectivity index (χ1v) is 3.87. The first-order chi connectivity index (χ1) is 5.61. The Morgan fingerprint density at radius 2 is 2.17 bits per heavy atom. The summed E-state index contributed by atoms with van der Waals surface area (Å²) >= 11 is 0. The molecule has 1 atom stereocenters. The number of carbonyl (C=O) groups excluding carboxylic acids is 1. The molecule has 12 heavy (non-hydrogen) atoms. The van der Waals surface area contributed by atoms with Gasteiger partial charge in [0, 0.05) is 5.92 Å². The smallest absolute Gasteiger partial charge is 0.136 e. The van der Waals surface area contributed by atoms with Gasteiger partial charge in [-0.3, -0.25) is 4.79 Å². The molecule has 64 valence electrons. The lowest BCUT2D eigenvalue weighted by molar-refractivity contribution is -0.118. The summed E-state index contributed by atoms with van der Waals surface area (Å²) in [5.74, 6) is -0.443. The van der Waals surface area contributed by atoms with Gasteiger partial charge in [-0.25, -0.2) is 4.39 Å². The van der Waals surface area contributed by atoms with Crippen LogP contribution in [0.25, 0.3) is 0 Å². The lowest BCUT2D eigenvalue weighted by Crippen LogP contribution is -2.04. The Labute approximate surface area is 71.2 Å². The zero-order valence-corrected chi connectivity index (χ0v) is 7.17. The first-order valence-electron chi connectivity index (χ1n) is 3.87. The second-order valence-electron chi connectivity index (χ2n) is 2.89. The maximum absolute atomic E-state index is 12.7. The topological polar surface area (TPSA) is 17.1 Å². The van der Waals surface area contributed by atoms with Crippen molar-refractivity contribution in [1.29, 1.82) is 0 Å². The van der Waals surface area contributed by atoms with Crippen molar-refractivity contribution in [1.82, 2.24) is 0 Å². The molecule has 0 aromatic heterocycles. The second-order valence-corrected chi connectivity index (χ2v) is 2.89. The van der Waals surface area contributed by atoms with Crippen LogP contribution in [0.4, 0.5) is 4.39 Å². The van der Waals surface area contributed by atoms with Crippen LogP contribution in [0.15, 0.2) is 24.3 Å². The molecule has 1 unspecified atom stereocenters. The van der Waals surface area contributed by atoms with Gasteiger partial charge in [0.2, 0.25) is 0 Å². The summed E-state index contributed by atoms with van der Waals surface area (Å²) in [4.78, 5) is 10.9. The highest BCUT2D eigenvalue weighted by Crippen LogP contribution is 2.16. The summed E-state index contributed by atoms with van der Waals surface area (Å²) in [6.45, 7) is 3.28. The van der Waals surface area contributed by atoms with Crippen molar-refractivity contribution in [2.75, 3.05) is 0 Å². The highest BCUT2D eigenvalue weighted by atomic mass is 19.1. The van der Waals surface area contributed by atoms with Crippen molar-refractivity contribution in [3.05, 3.63) is 35.6 Å². The van der Waals surface area contributed by atoms with Gasteiger partial charge in [-0.1, -0.05) is 19.1 Å². The molecule has 0 aliphatic heterocycles. The van der Waals surface area contributed by atoms with Crippen LogP contribution in [0.2, 0.25) is 0 Å². The molecule has 0 saturated carbocycles. The van der Waals surface area contributed by atoms with Gasteiger partial charge < -0.3 is 0 Å². The molecular weight excluding hydrogens is 155 g/mol. The Kier molecular flexibility index (Phi) is 2.58. The molecule has 0 amide bonds. The largest absolute Gasteiger partial charge is 0.299 e. The molecule has 1 aromatic rings. The summed E-state index contributed by atoms with van der Waals surface area (Å²) in [7, 11) is 0. The third kappa shape index (κ3) is 1.91. The van der Waals surface area contributed by atoms with E-state index in [0.717, 1.165) is 5.56 Å². The number of benzene rings is 1. The fourth-order valence-electron chi connectivity index (χ4n) is 1.01. The van der Waals surface area contributed by atoms with Gasteiger partial charge in [-0.05, 0) is 24.6 Å². The molecule has 0 bridgehead atoms. The number of rotatable bonds is 2. The van der Waals surface area contributed by atoms with Crippen LogP contribution < -0.4 is 0 Å². The van der Waals surface area contributed by atoms with Crippen molar-refractivity contribution in [2.45, 2.75) is 19.8 Å². The lowest BCUT2D eigenvalue weighted by Gasteiger charge is -2.06. The van der Waals surface area contributed by atoms with Crippen LogP contribution in [-0.4, -0.2) is 5.78 Å². The van der Waals surface area contributed by atoms with E-state index in [-0.39, 0.29) is 17.5 Å². The second kappa shape index (κ2) is 3.48. The highest BCUT2D eigenvalue weighted by molar-refractivity contribution is 5.82. The van der Waals surface area contributed by atoms with E-state index in [0.29, 0.717) is 0 Å². The zero-order valence-electron chi connectivity index (χ0n) is 7.17. The van der Waals surface area contributed by atoms with Crippen molar-refractivity contribution in [3.8, 4) is 0 Å².